The third-order valence-electron chi connectivity index (χ3n) is 2.40. The van der Waals surface area contributed by atoms with Crippen molar-refractivity contribution in [2.75, 3.05) is 11.9 Å². The van der Waals surface area contributed by atoms with E-state index in [0.29, 0.717) is 0 Å². The molecule has 76 valence electrons. The van der Waals surface area contributed by atoms with E-state index in [4.69, 9.17) is 5.73 Å². The predicted octanol–water partition coefficient (Wildman–Crippen LogP) is 1.23. The molecular formula is C9H13IN4. The van der Waals surface area contributed by atoms with Crippen molar-refractivity contribution in [3.8, 4) is 0 Å². The molecule has 2 rings (SSSR count). The van der Waals surface area contributed by atoms with Crippen molar-refractivity contribution in [2.45, 2.75) is 18.9 Å². The fraction of sp³-hybridized carbons (Fsp3) is 0.556. The Morgan fingerprint density at radius 3 is 3.07 bits per heavy atom. The Bertz CT molecular complexity index is 313. The van der Waals surface area contributed by atoms with Crippen molar-refractivity contribution >= 4 is 28.4 Å². The van der Waals surface area contributed by atoms with Gasteiger partial charge >= 0.3 is 0 Å². The zero-order valence-corrected chi connectivity index (χ0v) is 9.94. The highest BCUT2D eigenvalue weighted by molar-refractivity contribution is 14.1. The van der Waals surface area contributed by atoms with Gasteiger partial charge < -0.3 is 11.1 Å². The maximum absolute atomic E-state index is 5.97. The van der Waals surface area contributed by atoms with Crippen LogP contribution in [0, 0.1) is 9.49 Å². The molecule has 0 aromatic carbocycles. The molecule has 5 heteroatoms. The van der Waals surface area contributed by atoms with Gasteiger partial charge in [0, 0.05) is 18.8 Å². The average molecular weight is 304 g/mol. The van der Waals surface area contributed by atoms with Crippen LogP contribution < -0.4 is 11.1 Å². The van der Waals surface area contributed by atoms with Gasteiger partial charge in [-0.25, -0.2) is 9.97 Å². The van der Waals surface area contributed by atoms with E-state index in [2.05, 4.69) is 37.9 Å². The molecule has 0 amide bonds. The molecule has 1 aliphatic carbocycles. The molecule has 1 saturated carbocycles. The number of anilines is 1. The summed E-state index contributed by atoms with van der Waals surface area (Å²) in [7, 11) is 0. The van der Waals surface area contributed by atoms with Gasteiger partial charge in [-0.05, 0) is 41.4 Å². The van der Waals surface area contributed by atoms with E-state index in [1.54, 1.807) is 12.5 Å². The van der Waals surface area contributed by atoms with Gasteiger partial charge in [0.2, 0.25) is 0 Å². The summed E-state index contributed by atoms with van der Waals surface area (Å²) in [4.78, 5) is 8.07. The van der Waals surface area contributed by atoms with Crippen molar-refractivity contribution in [1.29, 1.82) is 0 Å². The van der Waals surface area contributed by atoms with Crippen molar-refractivity contribution in [1.82, 2.24) is 9.97 Å². The van der Waals surface area contributed by atoms with Crippen LogP contribution in [-0.4, -0.2) is 22.6 Å². The predicted molar refractivity (Wildman–Crippen MR) is 63.9 cm³/mol. The number of halogens is 1. The lowest BCUT2D eigenvalue weighted by molar-refractivity contribution is 0.619. The van der Waals surface area contributed by atoms with Crippen LogP contribution in [0.1, 0.15) is 12.8 Å². The molecule has 1 atom stereocenters. The lowest BCUT2D eigenvalue weighted by atomic mass is 10.2. The first-order valence-electron chi connectivity index (χ1n) is 4.72. The molecule has 1 aromatic rings. The van der Waals surface area contributed by atoms with Gasteiger partial charge in [-0.15, -0.1) is 0 Å². The van der Waals surface area contributed by atoms with E-state index in [1.165, 1.54) is 12.8 Å². The molecule has 1 aliphatic rings. The van der Waals surface area contributed by atoms with Gasteiger partial charge in [-0.1, -0.05) is 0 Å². The summed E-state index contributed by atoms with van der Waals surface area (Å²) in [6, 6.07) is 0.265. The van der Waals surface area contributed by atoms with E-state index < -0.39 is 0 Å². The first-order valence-corrected chi connectivity index (χ1v) is 5.80. The molecule has 1 fully saturated rings. The number of hydrogen-bond donors (Lipinski definition) is 2. The van der Waals surface area contributed by atoms with Gasteiger partial charge in [0.15, 0.2) is 0 Å². The number of aromatic nitrogens is 2. The Kier molecular flexibility index (Phi) is 3.17. The first kappa shape index (κ1) is 10.1. The van der Waals surface area contributed by atoms with E-state index in [-0.39, 0.29) is 6.04 Å². The highest BCUT2D eigenvalue weighted by Gasteiger charge is 2.28. The second-order valence-corrected chi connectivity index (χ2v) is 4.76. The normalized spacial score (nSPS) is 17.9. The monoisotopic (exact) mass is 304 g/mol. The molecule has 0 saturated heterocycles. The molecule has 1 unspecified atom stereocenters. The Balaban J connectivity index is 1.87. The Labute approximate surface area is 96.8 Å². The molecule has 0 spiro atoms. The van der Waals surface area contributed by atoms with E-state index in [1.807, 2.05) is 0 Å². The standard InChI is InChI=1S/C9H13IN4/c10-7-3-12-5-14-9(7)13-4-8(11)6-1-2-6/h3,5-6,8H,1-2,4,11H2,(H,12,13,14). The molecule has 0 bridgehead atoms. The number of nitrogens with zero attached hydrogens (tertiary/aromatic N) is 2. The number of rotatable bonds is 4. The summed E-state index contributed by atoms with van der Waals surface area (Å²) in [5, 5.41) is 3.25. The summed E-state index contributed by atoms with van der Waals surface area (Å²) < 4.78 is 1.04. The fourth-order valence-electron chi connectivity index (χ4n) is 1.35. The number of nitrogens with two attached hydrogens (primary N) is 1. The maximum Gasteiger partial charge on any atom is 0.142 e. The molecule has 14 heavy (non-hydrogen) atoms. The lowest BCUT2D eigenvalue weighted by Gasteiger charge is -2.12. The van der Waals surface area contributed by atoms with Crippen LogP contribution in [0.2, 0.25) is 0 Å². The summed E-state index contributed by atoms with van der Waals surface area (Å²) >= 11 is 2.21. The molecule has 0 aliphatic heterocycles. The zero-order chi connectivity index (χ0) is 9.97. The van der Waals surface area contributed by atoms with Gasteiger partial charge in [0.1, 0.15) is 12.1 Å². The quantitative estimate of drug-likeness (QED) is 0.821. The third kappa shape index (κ3) is 2.54. The molecule has 1 heterocycles. The summed E-state index contributed by atoms with van der Waals surface area (Å²) in [5.41, 5.74) is 5.97. The van der Waals surface area contributed by atoms with Crippen LogP contribution in [0.5, 0.6) is 0 Å². The molecule has 3 N–H and O–H groups in total. The summed E-state index contributed by atoms with van der Waals surface area (Å²) in [6.45, 7) is 0.803. The van der Waals surface area contributed by atoms with Gasteiger partial charge in [-0.2, -0.15) is 0 Å². The van der Waals surface area contributed by atoms with Crippen LogP contribution in [0.25, 0.3) is 0 Å². The number of nitrogens with one attached hydrogen (secondary N) is 1. The van der Waals surface area contributed by atoms with Gasteiger partial charge in [0.05, 0.1) is 3.57 Å². The highest BCUT2D eigenvalue weighted by atomic mass is 127. The van der Waals surface area contributed by atoms with Crippen LogP contribution >= 0.6 is 22.6 Å². The van der Waals surface area contributed by atoms with Crippen molar-refractivity contribution < 1.29 is 0 Å². The van der Waals surface area contributed by atoms with Gasteiger partial charge in [-0.3, -0.25) is 0 Å². The summed E-state index contributed by atoms with van der Waals surface area (Å²) in [6.07, 6.45) is 5.90. The third-order valence-corrected chi connectivity index (χ3v) is 3.19. The Morgan fingerprint density at radius 2 is 2.43 bits per heavy atom. The van der Waals surface area contributed by atoms with Crippen molar-refractivity contribution in [2.24, 2.45) is 11.7 Å². The van der Waals surface area contributed by atoms with Crippen LogP contribution in [0.4, 0.5) is 5.82 Å². The fourth-order valence-corrected chi connectivity index (χ4v) is 1.84. The first-order chi connectivity index (χ1) is 6.77. The smallest absolute Gasteiger partial charge is 0.142 e. The maximum atomic E-state index is 5.97. The Morgan fingerprint density at radius 1 is 1.64 bits per heavy atom. The highest BCUT2D eigenvalue weighted by Crippen LogP contribution is 2.31. The second kappa shape index (κ2) is 4.39. The SMILES string of the molecule is NC(CNc1ncncc1I)C1CC1. The molecule has 4 nitrogen and oxygen atoms in total. The van der Waals surface area contributed by atoms with Crippen LogP contribution in [-0.2, 0) is 0 Å². The second-order valence-electron chi connectivity index (χ2n) is 3.60. The Hall–Kier alpha value is -0.430. The van der Waals surface area contributed by atoms with E-state index in [0.717, 1.165) is 21.9 Å². The van der Waals surface area contributed by atoms with E-state index >= 15 is 0 Å². The minimum Gasteiger partial charge on any atom is -0.368 e. The average Bonchev–Trinajstić information content (AvgIpc) is 2.99. The summed E-state index contributed by atoms with van der Waals surface area (Å²) in [5.74, 6) is 1.61. The largest absolute Gasteiger partial charge is 0.368 e. The molecule has 1 aromatic heterocycles. The van der Waals surface area contributed by atoms with Crippen molar-refractivity contribution in [3.05, 3.63) is 16.1 Å². The van der Waals surface area contributed by atoms with Crippen LogP contribution in [0.15, 0.2) is 12.5 Å². The van der Waals surface area contributed by atoms with Gasteiger partial charge in [0.25, 0.3) is 0 Å². The topological polar surface area (TPSA) is 63.8 Å². The lowest BCUT2D eigenvalue weighted by Crippen LogP contribution is -2.31. The molecular weight excluding hydrogens is 291 g/mol. The van der Waals surface area contributed by atoms with Crippen LogP contribution in [0.3, 0.4) is 0 Å². The zero-order valence-electron chi connectivity index (χ0n) is 7.78. The minimum atomic E-state index is 0.265. The molecule has 0 radical (unpaired) electrons. The van der Waals surface area contributed by atoms with E-state index in [9.17, 15) is 0 Å². The number of hydrogen-bond acceptors (Lipinski definition) is 4. The minimum absolute atomic E-state index is 0.265. The van der Waals surface area contributed by atoms with Crippen molar-refractivity contribution in [3.63, 3.8) is 0 Å².